The molecule has 8 heteroatoms. The second kappa shape index (κ2) is 10.7. The van der Waals surface area contributed by atoms with Gasteiger partial charge in [0.25, 0.3) is 0 Å². The van der Waals surface area contributed by atoms with Gasteiger partial charge in [0.05, 0.1) is 13.1 Å². The summed E-state index contributed by atoms with van der Waals surface area (Å²) in [5.41, 5.74) is 0. The van der Waals surface area contributed by atoms with Gasteiger partial charge in [0.15, 0.2) is 0 Å². The highest BCUT2D eigenvalue weighted by Crippen LogP contribution is 2.11. The second-order valence-electron chi connectivity index (χ2n) is 6.84. The number of hydrogen-bond acceptors (Lipinski definition) is 4. The number of nitrogens with one attached hydrogen (secondary N) is 2. The van der Waals surface area contributed by atoms with Crippen LogP contribution in [-0.4, -0.2) is 59.4 Å². The van der Waals surface area contributed by atoms with Crippen LogP contribution in [0.15, 0.2) is 0 Å². The molecule has 3 N–H and O–H groups in total. The highest BCUT2D eigenvalue weighted by Gasteiger charge is 2.22. The predicted octanol–water partition coefficient (Wildman–Crippen LogP) is 0.511. The number of likely N-dealkylation sites (tertiary alicyclic amines) is 1. The van der Waals surface area contributed by atoms with Gasteiger partial charge in [-0.3, -0.25) is 14.4 Å². The zero-order valence-corrected chi connectivity index (χ0v) is 15.0. The minimum absolute atomic E-state index is 0.0397. The number of rotatable bonds is 8. The van der Waals surface area contributed by atoms with Crippen LogP contribution in [0.4, 0.5) is 0 Å². The first-order valence-corrected chi connectivity index (χ1v) is 8.86. The van der Waals surface area contributed by atoms with Gasteiger partial charge in [-0.25, -0.2) is 4.79 Å². The van der Waals surface area contributed by atoms with Gasteiger partial charge >= 0.3 is 5.97 Å². The van der Waals surface area contributed by atoms with Crippen molar-refractivity contribution in [1.29, 1.82) is 0 Å². The number of carboxylic acid groups (broad SMARTS) is 1. The van der Waals surface area contributed by atoms with Gasteiger partial charge in [0, 0.05) is 13.0 Å². The van der Waals surface area contributed by atoms with E-state index in [4.69, 9.17) is 5.11 Å². The molecule has 0 bridgehead atoms. The van der Waals surface area contributed by atoms with E-state index >= 15 is 0 Å². The fourth-order valence-corrected chi connectivity index (χ4v) is 2.73. The van der Waals surface area contributed by atoms with Crippen LogP contribution in [0.25, 0.3) is 0 Å². The molecule has 0 aromatic heterocycles. The van der Waals surface area contributed by atoms with Crippen LogP contribution >= 0.6 is 0 Å². The van der Waals surface area contributed by atoms with E-state index in [2.05, 4.69) is 10.6 Å². The van der Waals surface area contributed by atoms with Crippen molar-refractivity contribution in [2.24, 2.45) is 5.92 Å². The lowest BCUT2D eigenvalue weighted by molar-refractivity contribution is -0.142. The van der Waals surface area contributed by atoms with E-state index < -0.39 is 23.8 Å². The Balaban J connectivity index is 2.39. The molecule has 142 valence electrons. The molecule has 0 radical (unpaired) electrons. The fraction of sp³-hybridized carbons (Fsp3) is 0.765. The maximum Gasteiger partial charge on any atom is 0.326 e. The number of hydrogen-bond donors (Lipinski definition) is 3. The van der Waals surface area contributed by atoms with Gasteiger partial charge in [-0.15, -0.1) is 0 Å². The van der Waals surface area contributed by atoms with E-state index in [0.717, 1.165) is 25.7 Å². The SMILES string of the molecule is CC(C)C[C@H](NC(=O)CNC(=O)CN1CCCCCCC1=O)C(=O)O. The van der Waals surface area contributed by atoms with Crippen LogP contribution in [0, 0.1) is 5.92 Å². The number of carboxylic acids is 1. The van der Waals surface area contributed by atoms with E-state index in [1.165, 1.54) is 4.90 Å². The maximum absolute atomic E-state index is 12.0. The highest BCUT2D eigenvalue weighted by atomic mass is 16.4. The van der Waals surface area contributed by atoms with Crippen molar-refractivity contribution in [3.63, 3.8) is 0 Å². The number of amides is 3. The lowest BCUT2D eigenvalue weighted by Crippen LogP contribution is -2.48. The quantitative estimate of drug-likeness (QED) is 0.587. The molecule has 0 aliphatic carbocycles. The summed E-state index contributed by atoms with van der Waals surface area (Å²) in [7, 11) is 0. The van der Waals surface area contributed by atoms with Gasteiger partial charge in [-0.1, -0.05) is 26.7 Å². The standard InChI is InChI=1S/C17H29N3O5/c1-12(2)9-13(17(24)25)19-14(21)10-18-15(22)11-20-8-6-4-3-5-7-16(20)23/h12-13H,3-11H2,1-2H3,(H,18,22)(H,19,21)(H,24,25)/t13-/m0/s1. The molecule has 0 spiro atoms. The summed E-state index contributed by atoms with van der Waals surface area (Å²) in [6.07, 6.45) is 4.55. The highest BCUT2D eigenvalue weighted by molar-refractivity contribution is 5.89. The van der Waals surface area contributed by atoms with Crippen molar-refractivity contribution in [1.82, 2.24) is 15.5 Å². The van der Waals surface area contributed by atoms with Gasteiger partial charge in [-0.05, 0) is 25.2 Å². The van der Waals surface area contributed by atoms with Crippen molar-refractivity contribution in [2.45, 2.75) is 58.4 Å². The Labute approximate surface area is 148 Å². The molecule has 1 fully saturated rings. The summed E-state index contributed by atoms with van der Waals surface area (Å²) in [5, 5.41) is 13.9. The molecule has 1 saturated heterocycles. The molecule has 1 rings (SSSR count). The molecule has 1 heterocycles. The third-order valence-electron chi connectivity index (χ3n) is 4.04. The minimum atomic E-state index is -1.10. The third kappa shape index (κ3) is 8.51. The fourth-order valence-electron chi connectivity index (χ4n) is 2.73. The lowest BCUT2D eigenvalue weighted by Gasteiger charge is -2.24. The summed E-state index contributed by atoms with van der Waals surface area (Å²) in [6.45, 7) is 3.91. The number of carbonyl (C=O) groups excluding carboxylic acids is 3. The Morgan fingerprint density at radius 3 is 2.44 bits per heavy atom. The first kappa shape index (κ1) is 20.9. The van der Waals surface area contributed by atoms with Gasteiger partial charge in [0.1, 0.15) is 6.04 Å². The normalized spacial score (nSPS) is 16.8. The van der Waals surface area contributed by atoms with E-state index in [1.54, 1.807) is 0 Å². The molecule has 0 aromatic carbocycles. The summed E-state index contributed by atoms with van der Waals surface area (Å²) >= 11 is 0. The summed E-state index contributed by atoms with van der Waals surface area (Å²) < 4.78 is 0. The molecular formula is C17H29N3O5. The monoisotopic (exact) mass is 355 g/mol. The first-order chi connectivity index (χ1) is 11.8. The molecule has 0 unspecified atom stereocenters. The van der Waals surface area contributed by atoms with E-state index in [0.29, 0.717) is 19.4 Å². The third-order valence-corrected chi connectivity index (χ3v) is 4.04. The Kier molecular flexibility index (Phi) is 8.94. The van der Waals surface area contributed by atoms with Crippen LogP contribution in [0.3, 0.4) is 0 Å². The van der Waals surface area contributed by atoms with Gasteiger partial charge in [-0.2, -0.15) is 0 Å². The van der Waals surface area contributed by atoms with Crippen molar-refractivity contribution in [3.05, 3.63) is 0 Å². The summed E-state index contributed by atoms with van der Waals surface area (Å²) in [6, 6.07) is -0.972. The first-order valence-electron chi connectivity index (χ1n) is 8.86. The number of nitrogens with zero attached hydrogens (tertiary/aromatic N) is 1. The summed E-state index contributed by atoms with van der Waals surface area (Å²) in [5.74, 6) is -1.99. The molecule has 25 heavy (non-hydrogen) atoms. The van der Waals surface area contributed by atoms with Crippen LogP contribution in [0.2, 0.25) is 0 Å². The van der Waals surface area contributed by atoms with Crippen LogP contribution in [0.1, 0.15) is 52.4 Å². The van der Waals surface area contributed by atoms with Crippen molar-refractivity contribution in [3.8, 4) is 0 Å². The molecule has 3 amide bonds. The second-order valence-corrected chi connectivity index (χ2v) is 6.84. The molecule has 8 nitrogen and oxygen atoms in total. The molecule has 0 aromatic rings. The summed E-state index contributed by atoms with van der Waals surface area (Å²) in [4.78, 5) is 48.4. The van der Waals surface area contributed by atoms with Crippen molar-refractivity contribution >= 4 is 23.7 Å². The average Bonchev–Trinajstić information content (AvgIpc) is 2.51. The number of carbonyl (C=O) groups is 4. The molecule has 1 aliphatic rings. The predicted molar refractivity (Wildman–Crippen MR) is 91.7 cm³/mol. The zero-order chi connectivity index (χ0) is 18.8. The van der Waals surface area contributed by atoms with Crippen LogP contribution < -0.4 is 10.6 Å². The van der Waals surface area contributed by atoms with E-state index in [9.17, 15) is 19.2 Å². The minimum Gasteiger partial charge on any atom is -0.480 e. The maximum atomic E-state index is 12.0. The molecule has 1 aliphatic heterocycles. The molecule has 1 atom stereocenters. The van der Waals surface area contributed by atoms with Crippen LogP contribution in [0.5, 0.6) is 0 Å². The Hall–Kier alpha value is -2.12. The lowest BCUT2D eigenvalue weighted by atomic mass is 10.0. The largest absolute Gasteiger partial charge is 0.480 e. The Morgan fingerprint density at radius 2 is 1.80 bits per heavy atom. The van der Waals surface area contributed by atoms with E-state index in [-0.39, 0.29) is 24.9 Å². The topological polar surface area (TPSA) is 116 Å². The Bertz CT molecular complexity index is 493. The zero-order valence-electron chi connectivity index (χ0n) is 15.0. The van der Waals surface area contributed by atoms with Crippen LogP contribution in [-0.2, 0) is 19.2 Å². The van der Waals surface area contributed by atoms with Crippen molar-refractivity contribution in [2.75, 3.05) is 19.6 Å². The molecular weight excluding hydrogens is 326 g/mol. The smallest absolute Gasteiger partial charge is 0.326 e. The number of aliphatic carboxylic acids is 1. The molecule has 0 saturated carbocycles. The average molecular weight is 355 g/mol. The van der Waals surface area contributed by atoms with E-state index in [1.807, 2.05) is 13.8 Å². The van der Waals surface area contributed by atoms with Crippen molar-refractivity contribution < 1.29 is 24.3 Å². The van der Waals surface area contributed by atoms with Gasteiger partial charge in [0.2, 0.25) is 17.7 Å². The van der Waals surface area contributed by atoms with Gasteiger partial charge < -0.3 is 20.6 Å². The Morgan fingerprint density at radius 1 is 1.12 bits per heavy atom.